The first-order valence-electron chi connectivity index (χ1n) is 13.3. The van der Waals surface area contributed by atoms with Gasteiger partial charge in [-0.2, -0.15) is 0 Å². The number of hydrogen-bond donors (Lipinski definition) is 0. The van der Waals surface area contributed by atoms with Crippen LogP contribution < -0.4 is 10.6 Å². The quantitative estimate of drug-likeness (QED) is 0.409. The molecule has 2 aliphatic rings. The second kappa shape index (κ2) is 9.58. The minimum Gasteiger partial charge on any atom is -0.381 e. The Morgan fingerprint density at radius 2 is 1.76 bits per heavy atom. The maximum atomic E-state index is 13.4. The highest BCUT2D eigenvalue weighted by Crippen LogP contribution is 2.35. The highest BCUT2D eigenvalue weighted by Gasteiger charge is 2.27. The van der Waals surface area contributed by atoms with Crippen LogP contribution in [-0.4, -0.2) is 70.4 Å². The minimum atomic E-state index is 0.0308. The Bertz CT molecular complexity index is 1480. The van der Waals surface area contributed by atoms with Crippen LogP contribution in [0.15, 0.2) is 47.5 Å². The molecule has 0 bridgehead atoms. The van der Waals surface area contributed by atoms with Crippen molar-refractivity contribution in [3.63, 3.8) is 0 Å². The third-order valence-electron chi connectivity index (χ3n) is 8.56. The van der Waals surface area contributed by atoms with Crippen LogP contribution in [0, 0.1) is 0 Å². The van der Waals surface area contributed by atoms with Gasteiger partial charge in [0, 0.05) is 56.5 Å². The molecule has 194 valence electrons. The number of hydrogen-bond acceptors (Lipinski definition) is 6. The first-order valence-corrected chi connectivity index (χ1v) is 13.3. The molecule has 0 N–H and O–H groups in total. The summed E-state index contributed by atoms with van der Waals surface area (Å²) in [5.41, 5.74) is 4.94. The van der Waals surface area contributed by atoms with Gasteiger partial charge in [0.05, 0.1) is 28.9 Å². The average Bonchev–Trinajstić information content (AvgIpc) is 3.53. The lowest BCUT2D eigenvalue weighted by molar-refractivity contribution is 0.0585. The van der Waals surface area contributed by atoms with Crippen molar-refractivity contribution in [3.8, 4) is 11.1 Å². The van der Waals surface area contributed by atoms with Crippen molar-refractivity contribution in [2.24, 2.45) is 7.05 Å². The van der Waals surface area contributed by atoms with Gasteiger partial charge in [-0.25, -0.2) is 9.78 Å². The van der Waals surface area contributed by atoms with Crippen LogP contribution in [-0.2, 0) is 11.8 Å². The zero-order valence-corrected chi connectivity index (χ0v) is 22.2. The molecular weight excluding hydrogens is 464 g/mol. The fourth-order valence-corrected chi connectivity index (χ4v) is 6.20. The number of methoxy groups -OCH3 is 1. The summed E-state index contributed by atoms with van der Waals surface area (Å²) in [4.78, 5) is 27.6. The van der Waals surface area contributed by atoms with Crippen LogP contribution in [0.3, 0.4) is 0 Å². The number of likely N-dealkylation sites (N-methyl/N-ethyl adjacent to an activating group) is 1. The number of aryl methyl sites for hydroxylation is 1. The van der Waals surface area contributed by atoms with E-state index in [2.05, 4.69) is 54.2 Å². The van der Waals surface area contributed by atoms with Gasteiger partial charge in [-0.05, 0) is 76.0 Å². The van der Waals surface area contributed by atoms with Crippen molar-refractivity contribution in [2.45, 2.75) is 50.3 Å². The largest absolute Gasteiger partial charge is 0.381 e. The lowest BCUT2D eigenvalue weighted by Gasteiger charge is -2.28. The standard InChI is InChI=1S/C29H36N6O2/c1-32(2)22-13-14-34(18-22)27-12-6-20(16-31-27)19-5-11-25-24(15-19)28-26(17-30-25)33(3)29(36)35(28)21-7-9-23(37-4)10-8-21/h5-6,11-12,15-17,21-23H,7-10,13-14,18H2,1-4H3/t21-,22-,23-/m1/s1. The van der Waals surface area contributed by atoms with Crippen LogP contribution in [0.25, 0.3) is 33.1 Å². The van der Waals surface area contributed by atoms with Gasteiger partial charge in [0.15, 0.2) is 0 Å². The Hall–Kier alpha value is -3.23. The van der Waals surface area contributed by atoms with Gasteiger partial charge in [0.2, 0.25) is 0 Å². The van der Waals surface area contributed by atoms with Crippen LogP contribution in [0.4, 0.5) is 5.82 Å². The van der Waals surface area contributed by atoms with Crippen molar-refractivity contribution < 1.29 is 4.74 Å². The van der Waals surface area contributed by atoms with Gasteiger partial charge in [-0.3, -0.25) is 14.1 Å². The molecule has 1 aliphatic heterocycles. The van der Waals surface area contributed by atoms with Gasteiger partial charge >= 0.3 is 5.69 Å². The van der Waals surface area contributed by atoms with E-state index in [1.54, 1.807) is 11.7 Å². The Morgan fingerprint density at radius 3 is 2.43 bits per heavy atom. The molecule has 1 atom stereocenters. The minimum absolute atomic E-state index is 0.0308. The second-order valence-corrected chi connectivity index (χ2v) is 10.9. The third-order valence-corrected chi connectivity index (χ3v) is 8.56. The first kappa shape index (κ1) is 24.1. The predicted molar refractivity (Wildman–Crippen MR) is 148 cm³/mol. The molecule has 6 rings (SSSR count). The van der Waals surface area contributed by atoms with Gasteiger partial charge < -0.3 is 14.5 Å². The van der Waals surface area contributed by atoms with Crippen molar-refractivity contribution >= 4 is 27.8 Å². The first-order chi connectivity index (χ1) is 17.9. The Balaban J connectivity index is 1.38. The van der Waals surface area contributed by atoms with E-state index in [0.29, 0.717) is 6.04 Å². The van der Waals surface area contributed by atoms with Crippen molar-refractivity contribution in [1.82, 2.24) is 24.0 Å². The van der Waals surface area contributed by atoms with Crippen LogP contribution in [0.5, 0.6) is 0 Å². The van der Waals surface area contributed by atoms with Crippen molar-refractivity contribution in [1.29, 1.82) is 0 Å². The summed E-state index contributed by atoms with van der Waals surface area (Å²) in [6.45, 7) is 2.05. The van der Waals surface area contributed by atoms with E-state index >= 15 is 0 Å². The number of anilines is 1. The molecule has 8 nitrogen and oxygen atoms in total. The average molecular weight is 501 g/mol. The molecule has 4 aromatic rings. The predicted octanol–water partition coefficient (Wildman–Crippen LogP) is 4.22. The maximum Gasteiger partial charge on any atom is 0.329 e. The summed E-state index contributed by atoms with van der Waals surface area (Å²) in [6.07, 6.45) is 9.09. The second-order valence-electron chi connectivity index (χ2n) is 10.9. The lowest BCUT2D eigenvalue weighted by Crippen LogP contribution is -2.31. The summed E-state index contributed by atoms with van der Waals surface area (Å²) < 4.78 is 9.34. The van der Waals surface area contributed by atoms with E-state index < -0.39 is 0 Å². The summed E-state index contributed by atoms with van der Waals surface area (Å²) in [6, 6.07) is 11.4. The van der Waals surface area contributed by atoms with Crippen LogP contribution in [0.1, 0.15) is 38.1 Å². The lowest BCUT2D eigenvalue weighted by atomic mass is 9.92. The van der Waals surface area contributed by atoms with Gasteiger partial charge in [0.1, 0.15) is 5.82 Å². The molecule has 3 aromatic heterocycles. The molecule has 0 amide bonds. The van der Waals surface area contributed by atoms with E-state index in [9.17, 15) is 4.79 Å². The Morgan fingerprint density at radius 1 is 0.973 bits per heavy atom. The number of imidazole rings is 1. The molecule has 2 fully saturated rings. The molecule has 1 saturated carbocycles. The molecule has 0 radical (unpaired) electrons. The summed E-state index contributed by atoms with van der Waals surface area (Å²) in [5, 5.41) is 1.01. The normalized spacial score (nSPS) is 22.5. The van der Waals surface area contributed by atoms with Crippen LogP contribution in [0.2, 0.25) is 0 Å². The highest BCUT2D eigenvalue weighted by atomic mass is 16.5. The highest BCUT2D eigenvalue weighted by molar-refractivity contribution is 6.04. The van der Waals surface area contributed by atoms with Crippen molar-refractivity contribution in [2.75, 3.05) is 39.2 Å². The molecule has 37 heavy (non-hydrogen) atoms. The zero-order valence-electron chi connectivity index (χ0n) is 22.2. The van der Waals surface area contributed by atoms with Gasteiger partial charge in [-0.1, -0.05) is 6.07 Å². The number of rotatable bonds is 5. The third kappa shape index (κ3) is 4.22. The number of fused-ring (bicyclic) bond motifs is 3. The molecule has 0 unspecified atom stereocenters. The van der Waals surface area contributed by atoms with E-state index in [0.717, 1.165) is 84.1 Å². The molecule has 1 aliphatic carbocycles. The molecule has 1 aromatic carbocycles. The van der Waals surface area contributed by atoms with Crippen LogP contribution >= 0.6 is 0 Å². The van der Waals surface area contributed by atoms with E-state index in [-0.39, 0.29) is 17.8 Å². The molecule has 8 heteroatoms. The van der Waals surface area contributed by atoms with Gasteiger partial charge in [-0.15, -0.1) is 0 Å². The summed E-state index contributed by atoms with van der Waals surface area (Å²) in [5.74, 6) is 1.03. The fraction of sp³-hybridized carbons (Fsp3) is 0.483. The summed E-state index contributed by atoms with van der Waals surface area (Å²) in [7, 11) is 7.92. The fourth-order valence-electron chi connectivity index (χ4n) is 6.20. The van der Waals surface area contributed by atoms with E-state index in [1.807, 2.05) is 24.0 Å². The molecule has 0 spiro atoms. The number of nitrogens with zero attached hydrogens (tertiary/aromatic N) is 6. The van der Waals surface area contributed by atoms with Crippen molar-refractivity contribution in [3.05, 3.63) is 53.2 Å². The summed E-state index contributed by atoms with van der Waals surface area (Å²) >= 11 is 0. The van der Waals surface area contributed by atoms with E-state index in [1.165, 1.54) is 0 Å². The number of aromatic nitrogens is 4. The van der Waals surface area contributed by atoms with Gasteiger partial charge in [0.25, 0.3) is 0 Å². The number of benzene rings is 1. The monoisotopic (exact) mass is 500 g/mol. The topological polar surface area (TPSA) is 68.4 Å². The number of pyridine rings is 2. The smallest absolute Gasteiger partial charge is 0.329 e. The van der Waals surface area contributed by atoms with E-state index in [4.69, 9.17) is 14.7 Å². The zero-order chi connectivity index (χ0) is 25.7. The Kier molecular flexibility index (Phi) is 6.24. The molecule has 4 heterocycles. The number of ether oxygens (including phenoxy) is 1. The molecular formula is C29H36N6O2. The maximum absolute atomic E-state index is 13.4. The SMILES string of the molecule is CO[C@H]1CC[C@H](n2c(=O)n(C)c3cnc4ccc(-c5ccc(N6CC[C@@H](N(C)C)C6)nc5)cc4c32)CC1. The molecule has 1 saturated heterocycles. The Labute approximate surface area is 217 Å².